The Morgan fingerprint density at radius 3 is 2.54 bits per heavy atom. The molecule has 2 rings (SSSR count). The quantitative estimate of drug-likeness (QED) is 0.616. The Bertz CT molecular complexity index is 214. The number of nitrogens with zero attached hydrogens (tertiary/aromatic N) is 1. The lowest BCUT2D eigenvalue weighted by molar-refractivity contribution is 0.0283. The molecule has 1 saturated heterocycles. The first-order valence-corrected chi connectivity index (χ1v) is 5.29. The zero-order chi connectivity index (χ0) is 9.31. The molecule has 2 heterocycles. The van der Waals surface area contributed by atoms with Crippen molar-refractivity contribution in [3.05, 3.63) is 12.0 Å². The molecule has 13 heavy (non-hydrogen) atoms. The smallest absolute Gasteiger partial charge is 0.103 e. The summed E-state index contributed by atoms with van der Waals surface area (Å²) in [6.07, 6.45) is 7.01. The van der Waals surface area contributed by atoms with Crippen molar-refractivity contribution in [1.29, 1.82) is 0 Å². The Balaban J connectivity index is 1.98. The van der Waals surface area contributed by atoms with E-state index < -0.39 is 0 Å². The summed E-state index contributed by atoms with van der Waals surface area (Å²) < 4.78 is 5.69. The van der Waals surface area contributed by atoms with Crippen molar-refractivity contribution in [3.63, 3.8) is 0 Å². The highest BCUT2D eigenvalue weighted by molar-refractivity contribution is 5.04. The summed E-state index contributed by atoms with van der Waals surface area (Å²) in [5.74, 6) is 0. The molecule has 1 fully saturated rings. The normalized spacial score (nSPS) is 26.9. The van der Waals surface area contributed by atoms with Gasteiger partial charge in [-0.3, -0.25) is 0 Å². The molecule has 0 aliphatic carbocycles. The number of hydrogen-bond donors (Lipinski definition) is 0. The van der Waals surface area contributed by atoms with Gasteiger partial charge in [0, 0.05) is 18.8 Å². The van der Waals surface area contributed by atoms with Gasteiger partial charge in [-0.25, -0.2) is 0 Å². The van der Waals surface area contributed by atoms with Gasteiger partial charge in [0.15, 0.2) is 0 Å². The fraction of sp³-hybridized carbons (Fsp3) is 0.818. The Morgan fingerprint density at radius 1 is 1.31 bits per heavy atom. The van der Waals surface area contributed by atoms with Crippen molar-refractivity contribution < 1.29 is 4.74 Å². The molecule has 0 aromatic heterocycles. The van der Waals surface area contributed by atoms with Gasteiger partial charge in [0.2, 0.25) is 0 Å². The molecule has 2 nitrogen and oxygen atoms in total. The molecule has 0 spiro atoms. The maximum atomic E-state index is 5.69. The molecule has 0 aromatic rings. The van der Waals surface area contributed by atoms with E-state index in [2.05, 4.69) is 18.7 Å². The summed E-state index contributed by atoms with van der Waals surface area (Å²) >= 11 is 0. The zero-order valence-corrected chi connectivity index (χ0v) is 8.68. The van der Waals surface area contributed by atoms with Gasteiger partial charge in [-0.2, -0.15) is 0 Å². The average Bonchev–Trinajstić information content (AvgIpc) is 2.56. The number of ether oxygens (including phenoxy) is 1. The van der Waals surface area contributed by atoms with Gasteiger partial charge >= 0.3 is 0 Å². The molecule has 0 radical (unpaired) electrons. The predicted octanol–water partition coefficient (Wildman–Crippen LogP) is 2.51. The molecule has 74 valence electrons. The minimum absolute atomic E-state index is 0.0588. The maximum absolute atomic E-state index is 5.69. The topological polar surface area (TPSA) is 12.5 Å². The van der Waals surface area contributed by atoms with E-state index in [-0.39, 0.29) is 5.60 Å². The molecular weight excluding hydrogens is 162 g/mol. The molecule has 0 amide bonds. The van der Waals surface area contributed by atoms with Gasteiger partial charge in [-0.05, 0) is 39.5 Å². The van der Waals surface area contributed by atoms with Gasteiger partial charge in [0.1, 0.15) is 11.9 Å². The lowest BCUT2D eigenvalue weighted by Crippen LogP contribution is -2.30. The maximum Gasteiger partial charge on any atom is 0.103 e. The van der Waals surface area contributed by atoms with Gasteiger partial charge < -0.3 is 9.64 Å². The summed E-state index contributed by atoms with van der Waals surface area (Å²) in [4.78, 5) is 2.47. The van der Waals surface area contributed by atoms with Gasteiger partial charge in [0.25, 0.3) is 0 Å². The molecule has 0 N–H and O–H groups in total. The van der Waals surface area contributed by atoms with Crippen LogP contribution in [0.5, 0.6) is 0 Å². The SMILES string of the molecule is CC1(C)CCC(N2CCCC2)=CO1. The lowest BCUT2D eigenvalue weighted by atomic mass is 9.99. The monoisotopic (exact) mass is 181 g/mol. The van der Waals surface area contributed by atoms with E-state index in [0.29, 0.717) is 0 Å². The van der Waals surface area contributed by atoms with Gasteiger partial charge in [-0.1, -0.05) is 0 Å². The third kappa shape index (κ3) is 1.98. The van der Waals surface area contributed by atoms with E-state index in [9.17, 15) is 0 Å². The number of rotatable bonds is 1. The van der Waals surface area contributed by atoms with Crippen LogP contribution in [0.2, 0.25) is 0 Å². The Hall–Kier alpha value is -0.660. The minimum atomic E-state index is 0.0588. The third-order valence-corrected chi connectivity index (χ3v) is 3.01. The molecule has 2 aliphatic heterocycles. The second kappa shape index (κ2) is 3.24. The summed E-state index contributed by atoms with van der Waals surface area (Å²) in [7, 11) is 0. The van der Waals surface area contributed by atoms with Crippen LogP contribution in [-0.4, -0.2) is 23.6 Å². The van der Waals surface area contributed by atoms with Crippen LogP contribution in [0.1, 0.15) is 39.5 Å². The number of allylic oxidation sites excluding steroid dienone is 1. The lowest BCUT2D eigenvalue weighted by Gasteiger charge is -2.33. The van der Waals surface area contributed by atoms with Crippen LogP contribution in [0.3, 0.4) is 0 Å². The van der Waals surface area contributed by atoms with E-state index in [1.165, 1.54) is 38.0 Å². The molecule has 2 heteroatoms. The van der Waals surface area contributed by atoms with Crippen LogP contribution < -0.4 is 0 Å². The summed E-state index contributed by atoms with van der Waals surface area (Å²) in [5, 5.41) is 0. The first-order chi connectivity index (χ1) is 6.17. The standard InChI is InChI=1S/C11H19NO/c1-11(2)6-5-10(9-13-11)12-7-3-4-8-12/h9H,3-8H2,1-2H3. The summed E-state index contributed by atoms with van der Waals surface area (Å²) in [5.41, 5.74) is 1.47. The van der Waals surface area contributed by atoms with Crippen LogP contribution in [0.15, 0.2) is 12.0 Å². The predicted molar refractivity (Wildman–Crippen MR) is 53.3 cm³/mol. The molecule has 0 saturated carbocycles. The average molecular weight is 181 g/mol. The van der Waals surface area contributed by atoms with Crippen LogP contribution in [0.4, 0.5) is 0 Å². The van der Waals surface area contributed by atoms with Gasteiger partial charge in [0.05, 0.1) is 0 Å². The van der Waals surface area contributed by atoms with Gasteiger partial charge in [-0.15, -0.1) is 0 Å². The highest BCUT2D eigenvalue weighted by atomic mass is 16.5. The molecular formula is C11H19NO. The molecule has 0 atom stereocenters. The van der Waals surface area contributed by atoms with E-state index in [4.69, 9.17) is 4.74 Å². The first kappa shape index (κ1) is 8.92. The minimum Gasteiger partial charge on any atom is -0.494 e. The summed E-state index contributed by atoms with van der Waals surface area (Å²) in [6.45, 7) is 6.78. The molecule has 0 bridgehead atoms. The second-order valence-electron chi connectivity index (χ2n) is 4.68. The Kier molecular flexibility index (Phi) is 2.22. The van der Waals surface area contributed by atoms with Crippen molar-refractivity contribution in [2.45, 2.75) is 45.1 Å². The van der Waals surface area contributed by atoms with Crippen LogP contribution in [-0.2, 0) is 4.74 Å². The van der Waals surface area contributed by atoms with Crippen molar-refractivity contribution in [3.8, 4) is 0 Å². The highest BCUT2D eigenvalue weighted by Crippen LogP contribution is 2.29. The number of hydrogen-bond acceptors (Lipinski definition) is 2. The van der Waals surface area contributed by atoms with E-state index in [1.54, 1.807) is 0 Å². The van der Waals surface area contributed by atoms with Crippen molar-refractivity contribution >= 4 is 0 Å². The van der Waals surface area contributed by atoms with Crippen molar-refractivity contribution in [1.82, 2.24) is 4.90 Å². The van der Waals surface area contributed by atoms with E-state index >= 15 is 0 Å². The third-order valence-electron chi connectivity index (χ3n) is 3.01. The molecule has 0 unspecified atom stereocenters. The van der Waals surface area contributed by atoms with Crippen molar-refractivity contribution in [2.24, 2.45) is 0 Å². The Morgan fingerprint density at radius 2 is 2.00 bits per heavy atom. The van der Waals surface area contributed by atoms with Crippen LogP contribution in [0.25, 0.3) is 0 Å². The Labute approximate surface area is 80.6 Å². The molecule has 2 aliphatic rings. The van der Waals surface area contributed by atoms with E-state index in [1.807, 2.05) is 6.26 Å². The largest absolute Gasteiger partial charge is 0.494 e. The fourth-order valence-corrected chi connectivity index (χ4v) is 2.01. The molecule has 0 aromatic carbocycles. The number of likely N-dealkylation sites (tertiary alicyclic amines) is 1. The fourth-order valence-electron chi connectivity index (χ4n) is 2.01. The highest BCUT2D eigenvalue weighted by Gasteiger charge is 2.26. The second-order valence-corrected chi connectivity index (χ2v) is 4.68. The summed E-state index contributed by atoms with van der Waals surface area (Å²) in [6, 6.07) is 0. The first-order valence-electron chi connectivity index (χ1n) is 5.29. The van der Waals surface area contributed by atoms with E-state index in [0.717, 1.165) is 6.42 Å². The van der Waals surface area contributed by atoms with Crippen molar-refractivity contribution in [2.75, 3.05) is 13.1 Å². The van der Waals surface area contributed by atoms with Crippen LogP contribution in [0, 0.1) is 0 Å². The van der Waals surface area contributed by atoms with Crippen LogP contribution >= 0.6 is 0 Å². The zero-order valence-electron chi connectivity index (χ0n) is 8.68.